The third-order valence-corrected chi connectivity index (χ3v) is 7.32. The van der Waals surface area contributed by atoms with Crippen LogP contribution in [0.25, 0.3) is 16.9 Å². The predicted molar refractivity (Wildman–Crippen MR) is 154 cm³/mol. The molecule has 1 fully saturated rings. The largest absolute Gasteiger partial charge is 0.497 e. The summed E-state index contributed by atoms with van der Waals surface area (Å²) in [5.41, 5.74) is 6.78. The maximum absolute atomic E-state index is 14.2. The van der Waals surface area contributed by atoms with E-state index in [2.05, 4.69) is 23.2 Å². The van der Waals surface area contributed by atoms with Crippen molar-refractivity contribution < 1.29 is 27.8 Å². The molecule has 0 radical (unpaired) electrons. The summed E-state index contributed by atoms with van der Waals surface area (Å²) >= 11 is 0. The number of benzene rings is 2. The number of nitrogens with zero attached hydrogens (tertiary/aromatic N) is 5. The molecule has 9 nitrogen and oxygen atoms in total. The van der Waals surface area contributed by atoms with Crippen molar-refractivity contribution in [1.29, 1.82) is 0 Å². The average molecular weight is 583 g/mol. The monoisotopic (exact) mass is 582 g/mol. The summed E-state index contributed by atoms with van der Waals surface area (Å²) in [4.78, 5) is 21.7. The average Bonchev–Trinajstić information content (AvgIpc) is 3.41. The van der Waals surface area contributed by atoms with Gasteiger partial charge >= 0.3 is 6.18 Å². The second kappa shape index (κ2) is 12.6. The number of hydrogen-bond acceptors (Lipinski definition) is 7. The Morgan fingerprint density at radius 1 is 1.10 bits per heavy atom. The number of methoxy groups -OCH3 is 1. The van der Waals surface area contributed by atoms with Gasteiger partial charge in [0.2, 0.25) is 0 Å². The minimum atomic E-state index is -4.73. The minimum Gasteiger partial charge on any atom is -0.497 e. The number of hydrogen-bond donors (Lipinski definition) is 2. The molecule has 1 aliphatic heterocycles. The second-order valence-corrected chi connectivity index (χ2v) is 9.61. The first-order chi connectivity index (χ1) is 20.1. The van der Waals surface area contributed by atoms with Crippen molar-refractivity contribution in [2.45, 2.75) is 19.1 Å². The van der Waals surface area contributed by atoms with Crippen LogP contribution in [0.1, 0.15) is 33.2 Å². The fraction of sp³-hybridized carbons (Fsp3) is 0.300. The Balaban J connectivity index is 0.00000198. The van der Waals surface area contributed by atoms with E-state index in [0.29, 0.717) is 47.7 Å². The third-order valence-electron chi connectivity index (χ3n) is 7.32. The molecule has 0 saturated carbocycles. The van der Waals surface area contributed by atoms with Gasteiger partial charge in [-0.3, -0.25) is 9.69 Å². The molecule has 3 N–H and O–H groups in total. The topological polar surface area (TPSA) is 109 Å². The van der Waals surface area contributed by atoms with Gasteiger partial charge in [0.25, 0.3) is 5.91 Å². The van der Waals surface area contributed by atoms with Crippen molar-refractivity contribution in [2.75, 3.05) is 45.6 Å². The van der Waals surface area contributed by atoms with Crippen LogP contribution in [0, 0.1) is 6.92 Å². The quantitative estimate of drug-likeness (QED) is 0.253. The SMILES string of the molecule is C=C.COc1ccc(-c2nc3c(C(=O)N4CCN([C@H](CO)c5ccccc5N)CC4)cnn3c(C(F)(F)F)c2C)cc1. The van der Waals surface area contributed by atoms with E-state index in [1.54, 1.807) is 35.2 Å². The van der Waals surface area contributed by atoms with Crippen LogP contribution in [0.15, 0.2) is 67.9 Å². The molecule has 1 amide bonds. The van der Waals surface area contributed by atoms with Crippen LogP contribution in [0.5, 0.6) is 5.75 Å². The van der Waals surface area contributed by atoms with Crippen LogP contribution in [-0.2, 0) is 6.18 Å². The van der Waals surface area contributed by atoms with Crippen LogP contribution in [0.4, 0.5) is 18.9 Å². The maximum Gasteiger partial charge on any atom is 0.433 e. The Morgan fingerprint density at radius 3 is 2.31 bits per heavy atom. The highest BCUT2D eigenvalue weighted by Gasteiger charge is 2.39. The van der Waals surface area contributed by atoms with Crippen molar-refractivity contribution in [2.24, 2.45) is 0 Å². The molecule has 5 rings (SSSR count). The molecule has 222 valence electrons. The first kappa shape index (κ1) is 30.5. The van der Waals surface area contributed by atoms with Gasteiger partial charge in [-0.05, 0) is 42.8 Å². The summed E-state index contributed by atoms with van der Waals surface area (Å²) in [6, 6.07) is 13.5. The van der Waals surface area contributed by atoms with E-state index < -0.39 is 17.8 Å². The number of carbonyl (C=O) groups is 1. The molecule has 1 atom stereocenters. The smallest absolute Gasteiger partial charge is 0.433 e. The summed E-state index contributed by atoms with van der Waals surface area (Å²) in [5.74, 6) is 0.0934. The number of nitrogen functional groups attached to an aromatic ring is 1. The second-order valence-electron chi connectivity index (χ2n) is 9.61. The summed E-state index contributed by atoms with van der Waals surface area (Å²) in [7, 11) is 1.50. The normalized spacial score (nSPS) is 14.8. The number of amides is 1. The van der Waals surface area contributed by atoms with E-state index in [1.807, 2.05) is 23.1 Å². The van der Waals surface area contributed by atoms with Crippen LogP contribution < -0.4 is 10.5 Å². The van der Waals surface area contributed by atoms with Crippen molar-refractivity contribution in [3.8, 4) is 17.0 Å². The van der Waals surface area contributed by atoms with E-state index in [4.69, 9.17) is 10.5 Å². The van der Waals surface area contributed by atoms with Gasteiger partial charge in [-0.15, -0.1) is 13.2 Å². The summed E-state index contributed by atoms with van der Waals surface area (Å²) in [6.07, 6.45) is -3.59. The van der Waals surface area contributed by atoms with Gasteiger partial charge in [0.1, 0.15) is 11.3 Å². The maximum atomic E-state index is 14.2. The van der Waals surface area contributed by atoms with E-state index in [1.165, 1.54) is 14.0 Å². The zero-order valence-corrected chi connectivity index (χ0v) is 23.4. The number of carbonyl (C=O) groups excluding carboxylic acids is 1. The number of aromatic nitrogens is 3. The first-order valence-electron chi connectivity index (χ1n) is 13.2. The molecule has 12 heteroatoms. The van der Waals surface area contributed by atoms with Crippen LogP contribution in [-0.4, -0.2) is 75.3 Å². The molecule has 1 aliphatic rings. The van der Waals surface area contributed by atoms with Crippen molar-refractivity contribution in [3.63, 3.8) is 0 Å². The molecular formula is C30H33F3N6O3. The summed E-state index contributed by atoms with van der Waals surface area (Å²) in [5, 5.41) is 14.0. The van der Waals surface area contributed by atoms with Gasteiger partial charge < -0.3 is 20.5 Å². The molecule has 2 aromatic carbocycles. The lowest BCUT2D eigenvalue weighted by molar-refractivity contribution is -0.143. The minimum absolute atomic E-state index is 0.0141. The third kappa shape index (κ3) is 5.81. The van der Waals surface area contributed by atoms with E-state index in [9.17, 15) is 23.1 Å². The van der Waals surface area contributed by atoms with Crippen LogP contribution >= 0.6 is 0 Å². The van der Waals surface area contributed by atoms with Crippen LogP contribution in [0.2, 0.25) is 0 Å². The molecule has 1 saturated heterocycles. The molecule has 0 aliphatic carbocycles. The lowest BCUT2D eigenvalue weighted by atomic mass is 10.0. The summed E-state index contributed by atoms with van der Waals surface area (Å²) in [6.45, 7) is 8.71. The molecule has 3 heterocycles. The number of anilines is 1. The number of halogens is 3. The Hall–Kier alpha value is -4.42. The Bertz CT molecular complexity index is 1550. The van der Waals surface area contributed by atoms with E-state index in [0.717, 1.165) is 11.8 Å². The van der Waals surface area contributed by atoms with Gasteiger partial charge in [0.05, 0.1) is 31.6 Å². The predicted octanol–water partition coefficient (Wildman–Crippen LogP) is 4.61. The number of alkyl halides is 3. The zero-order valence-electron chi connectivity index (χ0n) is 23.4. The molecule has 0 bridgehead atoms. The summed E-state index contributed by atoms with van der Waals surface area (Å²) < 4.78 is 48.6. The number of ether oxygens (including phenoxy) is 1. The van der Waals surface area contributed by atoms with E-state index in [-0.39, 0.29) is 35.1 Å². The Morgan fingerprint density at radius 2 is 1.74 bits per heavy atom. The van der Waals surface area contributed by atoms with Gasteiger partial charge in [0, 0.05) is 43.0 Å². The van der Waals surface area contributed by atoms with Gasteiger partial charge in [-0.25, -0.2) is 9.50 Å². The number of rotatable bonds is 6. The van der Waals surface area contributed by atoms with Crippen molar-refractivity contribution in [3.05, 3.63) is 90.3 Å². The molecule has 4 aromatic rings. The molecule has 2 aromatic heterocycles. The lowest BCUT2D eigenvalue weighted by Crippen LogP contribution is -2.50. The van der Waals surface area contributed by atoms with Crippen molar-refractivity contribution in [1.82, 2.24) is 24.4 Å². The van der Waals surface area contributed by atoms with Crippen LogP contribution in [0.3, 0.4) is 0 Å². The number of nitrogens with two attached hydrogens (primary N) is 1. The van der Waals surface area contributed by atoms with Gasteiger partial charge in [0.15, 0.2) is 11.3 Å². The number of fused-ring (bicyclic) bond motifs is 1. The standard InChI is InChI=1S/C28H29F3N6O3.C2H4/c1-17-24(18-7-9-19(40-2)10-8-18)34-26-21(15-33-37(26)25(17)28(29,30)31)27(39)36-13-11-35(12-14-36)23(16-38)20-5-3-4-6-22(20)32;1-2/h3-10,15,23,38H,11-14,16,32H2,1-2H3;1-2H2/t23-;/m1./s1. The highest BCUT2D eigenvalue weighted by atomic mass is 19.4. The zero-order chi connectivity index (χ0) is 30.6. The number of piperazine rings is 1. The lowest BCUT2D eigenvalue weighted by Gasteiger charge is -2.39. The van der Waals surface area contributed by atoms with Crippen molar-refractivity contribution >= 4 is 17.2 Å². The highest BCUT2D eigenvalue weighted by molar-refractivity contribution is 6.00. The molecule has 0 spiro atoms. The molecule has 42 heavy (non-hydrogen) atoms. The Kier molecular flexibility index (Phi) is 9.17. The van der Waals surface area contributed by atoms with Gasteiger partial charge in [-0.1, -0.05) is 18.2 Å². The Labute approximate surface area is 241 Å². The number of aliphatic hydroxyl groups excluding tert-OH is 1. The first-order valence-corrected chi connectivity index (χ1v) is 13.2. The van der Waals surface area contributed by atoms with Gasteiger partial charge in [-0.2, -0.15) is 18.3 Å². The fourth-order valence-corrected chi connectivity index (χ4v) is 5.22. The van der Waals surface area contributed by atoms with E-state index >= 15 is 0 Å². The highest BCUT2D eigenvalue weighted by Crippen LogP contribution is 2.37. The number of para-hydroxylation sites is 1. The fourth-order valence-electron chi connectivity index (χ4n) is 5.22. The number of aliphatic hydroxyl groups is 1. The molecular weight excluding hydrogens is 549 g/mol. The molecule has 0 unspecified atom stereocenters.